The van der Waals surface area contributed by atoms with E-state index < -0.39 is 0 Å². The van der Waals surface area contributed by atoms with Gasteiger partial charge < -0.3 is 15.1 Å². The minimum Gasteiger partial charge on any atom is -0.468 e. The van der Waals surface area contributed by atoms with Gasteiger partial charge in [-0.25, -0.2) is 0 Å². The van der Waals surface area contributed by atoms with Gasteiger partial charge in [-0.05, 0) is 44.3 Å². The van der Waals surface area contributed by atoms with E-state index in [1.54, 1.807) is 24.6 Å². The summed E-state index contributed by atoms with van der Waals surface area (Å²) in [5.74, 6) is 1.79. The summed E-state index contributed by atoms with van der Waals surface area (Å²) in [6.45, 7) is 9.96. The number of aryl methyl sites for hydroxylation is 1. The first-order chi connectivity index (χ1) is 11.7. The lowest BCUT2D eigenvalue weighted by Crippen LogP contribution is -2.42. The molecule has 0 aromatic carbocycles. The molecular formula is C18H28N4OS. The molecule has 6 heteroatoms. The van der Waals surface area contributed by atoms with Crippen molar-refractivity contribution >= 4 is 17.3 Å². The molecule has 2 N–H and O–H groups in total. The van der Waals surface area contributed by atoms with Gasteiger partial charge in [0.2, 0.25) is 0 Å². The van der Waals surface area contributed by atoms with E-state index in [0.717, 1.165) is 37.9 Å². The molecule has 2 aromatic rings. The molecule has 1 atom stereocenters. The van der Waals surface area contributed by atoms with Crippen LogP contribution in [0.3, 0.4) is 0 Å². The van der Waals surface area contributed by atoms with Crippen molar-refractivity contribution in [2.75, 3.05) is 26.7 Å². The summed E-state index contributed by atoms with van der Waals surface area (Å²) in [4.78, 5) is 9.34. The Morgan fingerprint density at radius 1 is 1.25 bits per heavy atom. The monoisotopic (exact) mass is 348 g/mol. The molecule has 0 aliphatic heterocycles. The number of nitrogens with zero attached hydrogens (tertiary/aromatic N) is 2. The first kappa shape index (κ1) is 18.5. The van der Waals surface area contributed by atoms with Crippen molar-refractivity contribution in [2.24, 2.45) is 4.99 Å². The van der Waals surface area contributed by atoms with Crippen LogP contribution in [-0.4, -0.2) is 37.5 Å². The zero-order valence-corrected chi connectivity index (χ0v) is 15.8. The van der Waals surface area contributed by atoms with Gasteiger partial charge >= 0.3 is 0 Å². The van der Waals surface area contributed by atoms with Crippen LogP contribution in [0.5, 0.6) is 0 Å². The molecule has 2 heterocycles. The highest BCUT2D eigenvalue weighted by Crippen LogP contribution is 2.20. The van der Waals surface area contributed by atoms with Crippen molar-refractivity contribution in [3.05, 3.63) is 46.0 Å². The summed E-state index contributed by atoms with van der Waals surface area (Å²) in [5.41, 5.74) is 0. The van der Waals surface area contributed by atoms with Crippen LogP contribution in [0.25, 0.3) is 0 Å². The van der Waals surface area contributed by atoms with Gasteiger partial charge in [-0.15, -0.1) is 11.3 Å². The topological polar surface area (TPSA) is 52.8 Å². The third-order valence-corrected chi connectivity index (χ3v) is 5.04. The normalized spacial score (nSPS) is 13.3. The van der Waals surface area contributed by atoms with Crippen LogP contribution in [0.2, 0.25) is 0 Å². The van der Waals surface area contributed by atoms with Crippen molar-refractivity contribution < 1.29 is 4.42 Å². The van der Waals surface area contributed by atoms with E-state index in [-0.39, 0.29) is 6.04 Å². The average molecular weight is 349 g/mol. The number of rotatable bonds is 8. The van der Waals surface area contributed by atoms with Crippen LogP contribution >= 0.6 is 11.3 Å². The lowest BCUT2D eigenvalue weighted by atomic mass is 10.2. The molecule has 0 aliphatic carbocycles. The van der Waals surface area contributed by atoms with E-state index in [1.807, 2.05) is 12.1 Å². The Balaban J connectivity index is 1.93. The third-order valence-electron chi connectivity index (χ3n) is 4.04. The maximum absolute atomic E-state index is 5.64. The Hall–Kier alpha value is -1.79. The van der Waals surface area contributed by atoms with E-state index in [9.17, 15) is 0 Å². The zero-order chi connectivity index (χ0) is 17.4. The molecule has 0 saturated heterocycles. The summed E-state index contributed by atoms with van der Waals surface area (Å²) in [6.07, 6.45) is 1.73. The minimum absolute atomic E-state index is 0.192. The highest BCUT2D eigenvalue weighted by Gasteiger charge is 2.20. The number of likely N-dealkylation sites (N-methyl/N-ethyl adjacent to an activating group) is 1. The van der Waals surface area contributed by atoms with Gasteiger partial charge in [-0.3, -0.25) is 9.89 Å². The van der Waals surface area contributed by atoms with Crippen LogP contribution in [0.1, 0.15) is 35.4 Å². The van der Waals surface area contributed by atoms with Crippen LogP contribution < -0.4 is 10.6 Å². The predicted molar refractivity (Wildman–Crippen MR) is 102 cm³/mol. The Labute approximate surface area is 148 Å². The average Bonchev–Trinajstić information content (AvgIpc) is 3.25. The fourth-order valence-electron chi connectivity index (χ4n) is 2.72. The summed E-state index contributed by atoms with van der Waals surface area (Å²) in [5, 5.41) is 6.80. The zero-order valence-electron chi connectivity index (χ0n) is 15.0. The van der Waals surface area contributed by atoms with Gasteiger partial charge in [-0.1, -0.05) is 13.8 Å². The van der Waals surface area contributed by atoms with Crippen LogP contribution in [0.4, 0.5) is 0 Å². The summed E-state index contributed by atoms with van der Waals surface area (Å²) >= 11 is 1.81. The van der Waals surface area contributed by atoms with Gasteiger partial charge in [0.15, 0.2) is 5.96 Å². The molecule has 0 amide bonds. The number of guanidine groups is 1. The smallest absolute Gasteiger partial charge is 0.191 e. The number of hydrogen-bond acceptors (Lipinski definition) is 4. The highest BCUT2D eigenvalue weighted by atomic mass is 32.1. The van der Waals surface area contributed by atoms with E-state index >= 15 is 0 Å². The highest BCUT2D eigenvalue weighted by molar-refractivity contribution is 7.11. The molecule has 1 unspecified atom stereocenters. The molecule has 0 fully saturated rings. The molecule has 0 spiro atoms. The number of aliphatic imine (C=N–C) groups is 1. The van der Waals surface area contributed by atoms with E-state index in [2.05, 4.69) is 53.4 Å². The molecule has 0 aliphatic rings. The minimum atomic E-state index is 0.192. The number of hydrogen-bond donors (Lipinski definition) is 2. The fourth-order valence-corrected chi connectivity index (χ4v) is 3.55. The summed E-state index contributed by atoms with van der Waals surface area (Å²) in [6, 6.07) is 8.47. The number of nitrogens with one attached hydrogen (secondary N) is 2. The van der Waals surface area contributed by atoms with E-state index in [4.69, 9.17) is 4.42 Å². The Morgan fingerprint density at radius 2 is 2.04 bits per heavy atom. The van der Waals surface area contributed by atoms with Crippen molar-refractivity contribution in [3.8, 4) is 0 Å². The lowest BCUT2D eigenvalue weighted by molar-refractivity contribution is 0.193. The molecule has 5 nitrogen and oxygen atoms in total. The van der Waals surface area contributed by atoms with E-state index in [0.29, 0.717) is 0 Å². The predicted octanol–water partition coefficient (Wildman–Crippen LogP) is 3.40. The molecule has 2 aromatic heterocycles. The Morgan fingerprint density at radius 3 is 2.58 bits per heavy atom. The van der Waals surface area contributed by atoms with Crippen molar-refractivity contribution in [3.63, 3.8) is 0 Å². The second-order valence-corrected chi connectivity index (χ2v) is 6.94. The second kappa shape index (κ2) is 9.49. The maximum Gasteiger partial charge on any atom is 0.191 e. The Bertz CT molecular complexity index is 617. The SMILES string of the molecule is CCN(CC)C(CNC(=NC)NCc1ccc(C)s1)c1ccco1. The van der Waals surface area contributed by atoms with Gasteiger partial charge in [0.25, 0.3) is 0 Å². The lowest BCUT2D eigenvalue weighted by Gasteiger charge is -2.28. The van der Waals surface area contributed by atoms with Crippen molar-refractivity contribution in [1.82, 2.24) is 15.5 Å². The van der Waals surface area contributed by atoms with Crippen LogP contribution in [0.15, 0.2) is 39.9 Å². The summed E-state index contributed by atoms with van der Waals surface area (Å²) in [7, 11) is 1.80. The quantitative estimate of drug-likeness (QED) is 0.567. The van der Waals surface area contributed by atoms with Gasteiger partial charge in [0, 0.05) is 23.3 Å². The molecule has 132 valence electrons. The Kier molecular flexibility index (Phi) is 7.34. The van der Waals surface area contributed by atoms with Crippen LogP contribution in [0, 0.1) is 6.92 Å². The van der Waals surface area contributed by atoms with Crippen molar-refractivity contribution in [2.45, 2.75) is 33.4 Å². The summed E-state index contributed by atoms with van der Waals surface area (Å²) < 4.78 is 5.64. The number of furan rings is 1. The number of thiophene rings is 1. The molecule has 2 rings (SSSR count). The molecular weight excluding hydrogens is 320 g/mol. The van der Waals surface area contributed by atoms with Crippen LogP contribution in [-0.2, 0) is 6.54 Å². The van der Waals surface area contributed by atoms with Gasteiger partial charge in [0.05, 0.1) is 18.8 Å². The molecule has 0 bridgehead atoms. The maximum atomic E-state index is 5.64. The molecule has 0 saturated carbocycles. The van der Waals surface area contributed by atoms with Gasteiger partial charge in [0.1, 0.15) is 5.76 Å². The largest absolute Gasteiger partial charge is 0.468 e. The van der Waals surface area contributed by atoms with E-state index in [1.165, 1.54) is 9.75 Å². The third kappa shape index (κ3) is 5.11. The second-order valence-electron chi connectivity index (χ2n) is 5.57. The first-order valence-electron chi connectivity index (χ1n) is 8.45. The first-order valence-corrected chi connectivity index (χ1v) is 9.26. The molecule has 24 heavy (non-hydrogen) atoms. The fraction of sp³-hybridized carbons (Fsp3) is 0.500. The van der Waals surface area contributed by atoms with Crippen molar-refractivity contribution in [1.29, 1.82) is 0 Å². The molecule has 0 radical (unpaired) electrons. The standard InChI is InChI=1S/C18H28N4OS/c1-5-22(6-2)16(17-8-7-11-23-17)13-21-18(19-4)20-12-15-10-9-14(3)24-15/h7-11,16H,5-6,12-13H2,1-4H3,(H2,19,20,21). The van der Waals surface area contributed by atoms with Gasteiger partial charge in [-0.2, -0.15) is 0 Å².